The summed E-state index contributed by atoms with van der Waals surface area (Å²) < 4.78 is 13.4. The average Bonchev–Trinajstić information content (AvgIpc) is 2.37. The number of aromatic carboxylic acids is 1. The molecule has 2 nitrogen and oxygen atoms in total. The van der Waals surface area contributed by atoms with Crippen molar-refractivity contribution >= 4 is 5.97 Å². The highest BCUT2D eigenvalue weighted by Crippen LogP contribution is 2.37. The van der Waals surface area contributed by atoms with Gasteiger partial charge in [0.25, 0.3) is 0 Å². The van der Waals surface area contributed by atoms with E-state index in [-0.39, 0.29) is 5.56 Å². The molecular weight excluding hydrogens is 255 g/mol. The van der Waals surface area contributed by atoms with Crippen LogP contribution < -0.4 is 0 Å². The Morgan fingerprint density at radius 2 is 1.80 bits per heavy atom. The van der Waals surface area contributed by atoms with E-state index in [2.05, 4.69) is 0 Å². The van der Waals surface area contributed by atoms with Crippen LogP contribution in [0.5, 0.6) is 0 Å². The van der Waals surface area contributed by atoms with E-state index in [1.807, 2.05) is 24.3 Å². The van der Waals surface area contributed by atoms with Crippen LogP contribution in [0.25, 0.3) is 11.1 Å². The molecule has 0 aliphatic heterocycles. The minimum Gasteiger partial charge on any atom is -0.478 e. The number of carbonyl (C=O) groups is 1. The van der Waals surface area contributed by atoms with Crippen LogP contribution in [-0.4, -0.2) is 11.1 Å². The molecule has 0 amide bonds. The summed E-state index contributed by atoms with van der Waals surface area (Å²) in [7, 11) is 0. The first kappa shape index (κ1) is 12.9. The number of carboxylic acid groups (broad SMARTS) is 1. The lowest BCUT2D eigenvalue weighted by atomic mass is 9.80. The minimum atomic E-state index is -1.04. The van der Waals surface area contributed by atoms with Crippen LogP contribution >= 0.6 is 0 Å². The van der Waals surface area contributed by atoms with Gasteiger partial charge in [-0.15, -0.1) is 0 Å². The second kappa shape index (κ2) is 5.08. The molecule has 1 fully saturated rings. The van der Waals surface area contributed by atoms with Crippen molar-refractivity contribution in [2.24, 2.45) is 0 Å². The highest BCUT2D eigenvalue weighted by molar-refractivity contribution is 5.96. The Morgan fingerprint density at radius 3 is 2.35 bits per heavy atom. The van der Waals surface area contributed by atoms with Crippen molar-refractivity contribution in [3.05, 3.63) is 59.4 Å². The van der Waals surface area contributed by atoms with E-state index in [1.165, 1.54) is 43.0 Å². The van der Waals surface area contributed by atoms with Crippen LogP contribution in [0.1, 0.15) is 41.1 Å². The van der Waals surface area contributed by atoms with Crippen molar-refractivity contribution in [1.29, 1.82) is 0 Å². The summed E-state index contributed by atoms with van der Waals surface area (Å²) in [6.07, 6.45) is 3.72. The SMILES string of the molecule is O=C(O)c1ccc(F)cc1-c1ccc(C2CCC2)cc1. The summed E-state index contributed by atoms with van der Waals surface area (Å²) in [5.74, 6) is -0.827. The predicted octanol–water partition coefficient (Wildman–Crippen LogP) is 4.46. The fourth-order valence-electron chi connectivity index (χ4n) is 2.62. The maximum absolute atomic E-state index is 13.4. The van der Waals surface area contributed by atoms with Crippen molar-refractivity contribution in [2.75, 3.05) is 0 Å². The Bertz CT molecular complexity index is 643. The first-order valence-electron chi connectivity index (χ1n) is 6.78. The second-order valence-corrected chi connectivity index (χ2v) is 5.24. The van der Waals surface area contributed by atoms with Crippen LogP contribution in [0, 0.1) is 5.82 Å². The lowest BCUT2D eigenvalue weighted by Gasteiger charge is -2.25. The zero-order valence-electron chi connectivity index (χ0n) is 11.0. The quantitative estimate of drug-likeness (QED) is 0.894. The van der Waals surface area contributed by atoms with Gasteiger partial charge in [0.1, 0.15) is 5.82 Å². The monoisotopic (exact) mass is 270 g/mol. The van der Waals surface area contributed by atoms with Gasteiger partial charge in [0.05, 0.1) is 5.56 Å². The number of rotatable bonds is 3. The normalized spacial score (nSPS) is 14.8. The average molecular weight is 270 g/mol. The van der Waals surface area contributed by atoms with Crippen molar-refractivity contribution in [3.63, 3.8) is 0 Å². The molecule has 0 atom stereocenters. The molecule has 2 aromatic carbocycles. The Balaban J connectivity index is 1.99. The molecule has 0 saturated heterocycles. The Hall–Kier alpha value is -2.16. The summed E-state index contributed by atoms with van der Waals surface area (Å²) in [6.45, 7) is 0. The lowest BCUT2D eigenvalue weighted by molar-refractivity contribution is 0.0697. The molecule has 0 aromatic heterocycles. The molecule has 1 aliphatic carbocycles. The third kappa shape index (κ3) is 2.31. The zero-order valence-corrected chi connectivity index (χ0v) is 11.0. The number of halogens is 1. The van der Waals surface area contributed by atoms with Crippen molar-refractivity contribution < 1.29 is 14.3 Å². The lowest BCUT2D eigenvalue weighted by Crippen LogP contribution is -2.08. The van der Waals surface area contributed by atoms with Gasteiger partial charge in [-0.3, -0.25) is 0 Å². The van der Waals surface area contributed by atoms with Gasteiger partial charge < -0.3 is 5.11 Å². The van der Waals surface area contributed by atoms with Gasteiger partial charge in [-0.25, -0.2) is 9.18 Å². The van der Waals surface area contributed by atoms with Gasteiger partial charge >= 0.3 is 5.97 Å². The predicted molar refractivity (Wildman–Crippen MR) is 75.4 cm³/mol. The summed E-state index contributed by atoms with van der Waals surface area (Å²) in [5, 5.41) is 9.19. The summed E-state index contributed by atoms with van der Waals surface area (Å²) in [4.78, 5) is 11.2. The molecule has 0 unspecified atom stereocenters. The van der Waals surface area contributed by atoms with Gasteiger partial charge in [-0.2, -0.15) is 0 Å². The molecule has 2 aromatic rings. The minimum absolute atomic E-state index is 0.128. The topological polar surface area (TPSA) is 37.3 Å². The molecule has 1 saturated carbocycles. The van der Waals surface area contributed by atoms with Crippen LogP contribution in [0.4, 0.5) is 4.39 Å². The van der Waals surface area contributed by atoms with E-state index >= 15 is 0 Å². The van der Waals surface area contributed by atoms with Gasteiger partial charge in [0.15, 0.2) is 0 Å². The second-order valence-electron chi connectivity index (χ2n) is 5.24. The smallest absolute Gasteiger partial charge is 0.336 e. The molecule has 0 heterocycles. The molecule has 20 heavy (non-hydrogen) atoms. The molecular formula is C17H15FO2. The van der Waals surface area contributed by atoms with E-state index in [1.54, 1.807) is 0 Å². The third-order valence-corrected chi connectivity index (χ3v) is 4.01. The summed E-state index contributed by atoms with van der Waals surface area (Å²) >= 11 is 0. The third-order valence-electron chi connectivity index (χ3n) is 4.01. The van der Waals surface area contributed by atoms with Crippen molar-refractivity contribution in [1.82, 2.24) is 0 Å². The molecule has 0 spiro atoms. The van der Waals surface area contributed by atoms with E-state index in [4.69, 9.17) is 0 Å². The fourth-order valence-corrected chi connectivity index (χ4v) is 2.62. The van der Waals surface area contributed by atoms with E-state index in [0.29, 0.717) is 11.5 Å². The number of benzene rings is 2. The standard InChI is InChI=1S/C17H15FO2/c18-14-8-9-15(17(19)20)16(10-14)13-6-4-12(5-7-13)11-2-1-3-11/h4-11H,1-3H2,(H,19,20). The van der Waals surface area contributed by atoms with Gasteiger partial charge in [-0.05, 0) is 53.6 Å². The van der Waals surface area contributed by atoms with Gasteiger partial charge in [-0.1, -0.05) is 30.7 Å². The largest absolute Gasteiger partial charge is 0.478 e. The molecule has 3 rings (SSSR count). The Labute approximate surface area is 116 Å². The van der Waals surface area contributed by atoms with E-state index in [0.717, 1.165) is 5.56 Å². The van der Waals surface area contributed by atoms with Crippen molar-refractivity contribution in [2.45, 2.75) is 25.2 Å². The molecule has 102 valence electrons. The molecule has 1 aliphatic rings. The maximum atomic E-state index is 13.4. The van der Waals surface area contributed by atoms with Gasteiger partial charge in [0.2, 0.25) is 0 Å². The Kier molecular flexibility index (Phi) is 3.26. The van der Waals surface area contributed by atoms with Crippen LogP contribution in [0.2, 0.25) is 0 Å². The van der Waals surface area contributed by atoms with Crippen molar-refractivity contribution in [3.8, 4) is 11.1 Å². The maximum Gasteiger partial charge on any atom is 0.336 e. The number of carboxylic acids is 1. The number of hydrogen-bond donors (Lipinski definition) is 1. The van der Waals surface area contributed by atoms with E-state index in [9.17, 15) is 14.3 Å². The van der Waals surface area contributed by atoms with Crippen LogP contribution in [0.3, 0.4) is 0 Å². The highest BCUT2D eigenvalue weighted by atomic mass is 19.1. The van der Waals surface area contributed by atoms with E-state index < -0.39 is 11.8 Å². The summed E-state index contributed by atoms with van der Waals surface area (Å²) in [5.41, 5.74) is 2.58. The van der Waals surface area contributed by atoms with Crippen LogP contribution in [-0.2, 0) is 0 Å². The summed E-state index contributed by atoms with van der Waals surface area (Å²) in [6, 6.07) is 11.6. The van der Waals surface area contributed by atoms with Gasteiger partial charge in [0, 0.05) is 0 Å². The zero-order chi connectivity index (χ0) is 14.1. The highest BCUT2D eigenvalue weighted by Gasteiger charge is 2.19. The molecule has 3 heteroatoms. The first-order chi connectivity index (χ1) is 9.65. The van der Waals surface area contributed by atoms with Crippen LogP contribution in [0.15, 0.2) is 42.5 Å². The Morgan fingerprint density at radius 1 is 1.10 bits per heavy atom. The molecule has 0 bridgehead atoms. The molecule has 1 N–H and O–H groups in total. The fraction of sp³-hybridized carbons (Fsp3) is 0.235. The first-order valence-corrected chi connectivity index (χ1v) is 6.78. The number of hydrogen-bond acceptors (Lipinski definition) is 1. The molecule has 0 radical (unpaired) electrons.